The van der Waals surface area contributed by atoms with Crippen molar-refractivity contribution < 1.29 is 24.5 Å². The number of alkyl carbamates (subject to hydrolysis) is 1. The number of rotatable bonds is 6. The molecule has 22 heavy (non-hydrogen) atoms. The van der Waals surface area contributed by atoms with Crippen LogP contribution in [0.3, 0.4) is 0 Å². The number of amides is 1. The number of carboxylic acids is 1. The summed E-state index contributed by atoms with van der Waals surface area (Å²) >= 11 is 0. The van der Waals surface area contributed by atoms with Crippen molar-refractivity contribution in [3.63, 3.8) is 0 Å². The number of carboxylic acid groups (broad SMARTS) is 1. The van der Waals surface area contributed by atoms with Gasteiger partial charge in [-0.2, -0.15) is 0 Å². The van der Waals surface area contributed by atoms with E-state index in [0.29, 0.717) is 5.56 Å². The second-order valence-electron chi connectivity index (χ2n) is 6.18. The first-order valence-corrected chi connectivity index (χ1v) is 7.09. The molecule has 1 aromatic rings. The van der Waals surface area contributed by atoms with Gasteiger partial charge in [-0.3, -0.25) is 0 Å². The van der Waals surface area contributed by atoms with Crippen LogP contribution >= 0.6 is 0 Å². The van der Waals surface area contributed by atoms with Crippen LogP contribution in [0.15, 0.2) is 30.3 Å². The molecule has 1 amide bonds. The van der Waals surface area contributed by atoms with Gasteiger partial charge in [0.25, 0.3) is 0 Å². The summed E-state index contributed by atoms with van der Waals surface area (Å²) in [7, 11) is 0. The third-order valence-corrected chi connectivity index (χ3v) is 2.94. The van der Waals surface area contributed by atoms with Gasteiger partial charge in [-0.05, 0) is 26.3 Å². The van der Waals surface area contributed by atoms with E-state index in [0.717, 1.165) is 0 Å². The van der Waals surface area contributed by atoms with Gasteiger partial charge >= 0.3 is 12.1 Å². The van der Waals surface area contributed by atoms with Gasteiger partial charge in [0.05, 0.1) is 0 Å². The Balaban J connectivity index is 2.58. The Kier molecular flexibility index (Phi) is 5.93. The van der Waals surface area contributed by atoms with E-state index in [1.54, 1.807) is 45.0 Å². The number of aliphatic carboxylic acids is 1. The lowest BCUT2D eigenvalue weighted by atomic mass is 9.91. The van der Waals surface area contributed by atoms with Gasteiger partial charge in [-0.15, -0.1) is 0 Å². The Bertz CT molecular complexity index is 509. The minimum Gasteiger partial charge on any atom is -0.479 e. The molecule has 0 saturated carbocycles. The van der Waals surface area contributed by atoms with E-state index in [-0.39, 0.29) is 19.4 Å². The van der Waals surface area contributed by atoms with Gasteiger partial charge < -0.3 is 20.3 Å². The number of benzene rings is 1. The molecule has 3 N–H and O–H groups in total. The van der Waals surface area contributed by atoms with Crippen LogP contribution in [0.1, 0.15) is 32.8 Å². The smallest absolute Gasteiger partial charge is 0.407 e. The van der Waals surface area contributed by atoms with Gasteiger partial charge in [0.2, 0.25) is 0 Å². The minimum absolute atomic E-state index is 0.00451. The van der Waals surface area contributed by atoms with Crippen LogP contribution < -0.4 is 5.32 Å². The maximum atomic E-state index is 11.5. The number of hydrogen-bond donors (Lipinski definition) is 3. The number of hydrogen-bond acceptors (Lipinski definition) is 4. The molecule has 1 aromatic carbocycles. The third-order valence-electron chi connectivity index (χ3n) is 2.94. The molecule has 0 aromatic heterocycles. The van der Waals surface area contributed by atoms with E-state index in [9.17, 15) is 19.8 Å². The van der Waals surface area contributed by atoms with Gasteiger partial charge in [0.1, 0.15) is 5.60 Å². The molecular weight excluding hydrogens is 286 g/mol. The Morgan fingerprint density at radius 3 is 2.27 bits per heavy atom. The predicted octanol–water partition coefficient (Wildman–Crippen LogP) is 1.96. The third kappa shape index (κ3) is 6.13. The van der Waals surface area contributed by atoms with Crippen LogP contribution in [0, 0.1) is 0 Å². The molecule has 122 valence electrons. The number of nitrogens with one attached hydrogen (secondary N) is 1. The summed E-state index contributed by atoms with van der Waals surface area (Å²) in [5.41, 5.74) is -1.85. The van der Waals surface area contributed by atoms with Crippen LogP contribution in [-0.2, 0) is 16.0 Å². The first-order valence-electron chi connectivity index (χ1n) is 7.09. The van der Waals surface area contributed by atoms with Gasteiger partial charge in [0.15, 0.2) is 5.60 Å². The van der Waals surface area contributed by atoms with Crippen LogP contribution in [0.25, 0.3) is 0 Å². The number of carbonyl (C=O) groups is 2. The number of carbonyl (C=O) groups excluding carboxylic acids is 1. The zero-order chi connectivity index (χ0) is 16.8. The van der Waals surface area contributed by atoms with Crippen LogP contribution in [-0.4, -0.2) is 40.0 Å². The second kappa shape index (κ2) is 7.26. The summed E-state index contributed by atoms with van der Waals surface area (Å²) in [6.45, 7) is 5.20. The van der Waals surface area contributed by atoms with Gasteiger partial charge in [0, 0.05) is 19.4 Å². The molecule has 0 aliphatic heterocycles. The molecule has 0 fully saturated rings. The van der Waals surface area contributed by atoms with Crippen molar-refractivity contribution >= 4 is 12.1 Å². The second-order valence-corrected chi connectivity index (χ2v) is 6.18. The fourth-order valence-corrected chi connectivity index (χ4v) is 1.89. The van der Waals surface area contributed by atoms with Crippen molar-refractivity contribution in [3.8, 4) is 0 Å². The first-order chi connectivity index (χ1) is 10.1. The monoisotopic (exact) mass is 309 g/mol. The normalized spacial score (nSPS) is 14.0. The van der Waals surface area contributed by atoms with Crippen molar-refractivity contribution in [2.24, 2.45) is 0 Å². The molecule has 0 saturated heterocycles. The lowest BCUT2D eigenvalue weighted by Gasteiger charge is -2.24. The standard InChI is InChI=1S/C16H23NO5/c1-15(2,3)22-14(20)17-10-9-16(21,13(18)19)11-12-7-5-4-6-8-12/h4-8,21H,9-11H2,1-3H3,(H,17,20)(H,18,19)/t16-/m1/s1. The van der Waals surface area contributed by atoms with E-state index in [1.165, 1.54) is 0 Å². The largest absolute Gasteiger partial charge is 0.479 e. The van der Waals surface area contributed by atoms with Crippen LogP contribution in [0.5, 0.6) is 0 Å². The first kappa shape index (κ1) is 18.0. The highest BCUT2D eigenvalue weighted by Crippen LogP contribution is 2.18. The van der Waals surface area contributed by atoms with E-state index >= 15 is 0 Å². The lowest BCUT2D eigenvalue weighted by Crippen LogP contribution is -2.44. The average molecular weight is 309 g/mol. The maximum Gasteiger partial charge on any atom is 0.407 e. The SMILES string of the molecule is CC(C)(C)OC(=O)NCC[C@@](O)(Cc1ccccc1)C(=O)O. The van der Waals surface area contributed by atoms with Gasteiger partial charge in [-0.25, -0.2) is 9.59 Å². The number of ether oxygens (including phenoxy) is 1. The quantitative estimate of drug-likeness (QED) is 0.746. The Hall–Kier alpha value is -2.08. The Morgan fingerprint density at radius 1 is 1.18 bits per heavy atom. The van der Waals surface area contributed by atoms with Crippen molar-refractivity contribution in [2.75, 3.05) is 6.54 Å². The predicted molar refractivity (Wildman–Crippen MR) is 81.6 cm³/mol. The number of aliphatic hydroxyl groups is 1. The Morgan fingerprint density at radius 2 is 1.77 bits per heavy atom. The topological polar surface area (TPSA) is 95.9 Å². The highest BCUT2D eigenvalue weighted by atomic mass is 16.6. The van der Waals surface area contributed by atoms with Crippen molar-refractivity contribution in [1.82, 2.24) is 5.32 Å². The summed E-state index contributed by atoms with van der Waals surface area (Å²) in [5, 5.41) is 22.0. The van der Waals surface area contributed by atoms with Crippen LogP contribution in [0.4, 0.5) is 4.79 Å². The summed E-state index contributed by atoms with van der Waals surface area (Å²) in [4.78, 5) is 22.8. The lowest BCUT2D eigenvalue weighted by molar-refractivity contribution is -0.159. The maximum absolute atomic E-state index is 11.5. The average Bonchev–Trinajstić information content (AvgIpc) is 2.37. The Labute approximate surface area is 130 Å². The molecule has 0 aliphatic rings. The zero-order valence-corrected chi connectivity index (χ0v) is 13.1. The molecule has 0 unspecified atom stereocenters. The van der Waals surface area contributed by atoms with E-state index < -0.39 is 23.3 Å². The summed E-state index contributed by atoms with van der Waals surface area (Å²) < 4.78 is 5.05. The molecule has 0 bridgehead atoms. The van der Waals surface area contributed by atoms with E-state index in [2.05, 4.69) is 5.32 Å². The highest BCUT2D eigenvalue weighted by molar-refractivity contribution is 5.77. The summed E-state index contributed by atoms with van der Waals surface area (Å²) in [6, 6.07) is 8.85. The van der Waals surface area contributed by atoms with Crippen molar-refractivity contribution in [1.29, 1.82) is 0 Å². The molecule has 0 spiro atoms. The molecule has 0 radical (unpaired) electrons. The van der Waals surface area contributed by atoms with E-state index in [4.69, 9.17) is 4.74 Å². The molecule has 0 heterocycles. The van der Waals surface area contributed by atoms with Crippen LogP contribution in [0.2, 0.25) is 0 Å². The molecular formula is C16H23NO5. The fourth-order valence-electron chi connectivity index (χ4n) is 1.89. The molecule has 1 rings (SSSR count). The van der Waals surface area contributed by atoms with E-state index in [1.807, 2.05) is 6.07 Å². The van der Waals surface area contributed by atoms with Crippen molar-refractivity contribution in [3.05, 3.63) is 35.9 Å². The molecule has 6 nitrogen and oxygen atoms in total. The molecule has 0 aliphatic carbocycles. The molecule has 1 atom stereocenters. The molecule has 6 heteroatoms. The summed E-state index contributed by atoms with van der Waals surface area (Å²) in [5.74, 6) is -1.32. The summed E-state index contributed by atoms with van der Waals surface area (Å²) in [6.07, 6.45) is -0.782. The highest BCUT2D eigenvalue weighted by Gasteiger charge is 2.35. The zero-order valence-electron chi connectivity index (χ0n) is 13.1. The minimum atomic E-state index is -1.93. The van der Waals surface area contributed by atoms with Gasteiger partial charge in [-0.1, -0.05) is 30.3 Å². The van der Waals surface area contributed by atoms with Crippen molar-refractivity contribution in [2.45, 2.75) is 44.8 Å². The fraction of sp³-hybridized carbons (Fsp3) is 0.500.